The number of nitrogens with zero attached hydrogens (tertiary/aromatic N) is 5. The zero-order valence-corrected chi connectivity index (χ0v) is 18.8. The van der Waals surface area contributed by atoms with Gasteiger partial charge in [-0.25, -0.2) is 0 Å². The van der Waals surface area contributed by atoms with E-state index in [0.29, 0.717) is 6.04 Å². The highest BCUT2D eigenvalue weighted by Gasteiger charge is 2.23. The van der Waals surface area contributed by atoms with Crippen molar-refractivity contribution >= 4 is 47.2 Å². The van der Waals surface area contributed by atoms with Crippen LogP contribution < -0.4 is 15.5 Å². The van der Waals surface area contributed by atoms with Crippen molar-refractivity contribution in [1.82, 2.24) is 25.4 Å². The Morgan fingerprint density at radius 1 is 1.41 bits per heavy atom. The summed E-state index contributed by atoms with van der Waals surface area (Å²) in [5, 5.41) is 15.7. The van der Waals surface area contributed by atoms with Crippen molar-refractivity contribution in [2.24, 2.45) is 4.99 Å². The van der Waals surface area contributed by atoms with E-state index in [0.717, 1.165) is 55.8 Å². The SMILES string of the molecule is CCc1nncn1CCNC(=NC)NC1CCN(c2cccc(Cl)c2)C1.I. The van der Waals surface area contributed by atoms with Crippen molar-refractivity contribution in [3.8, 4) is 0 Å². The molecule has 1 unspecified atom stereocenters. The van der Waals surface area contributed by atoms with Gasteiger partial charge < -0.3 is 20.1 Å². The first-order valence-corrected chi connectivity index (χ1v) is 9.41. The van der Waals surface area contributed by atoms with Crippen molar-refractivity contribution in [2.75, 3.05) is 31.6 Å². The molecule has 2 N–H and O–H groups in total. The van der Waals surface area contributed by atoms with E-state index in [9.17, 15) is 0 Å². The maximum atomic E-state index is 6.11. The monoisotopic (exact) mass is 503 g/mol. The summed E-state index contributed by atoms with van der Waals surface area (Å²) in [5.41, 5.74) is 1.17. The second-order valence-corrected chi connectivity index (χ2v) is 6.79. The molecule has 1 fully saturated rings. The molecule has 0 bridgehead atoms. The first kappa shape index (κ1) is 21.7. The van der Waals surface area contributed by atoms with E-state index in [1.165, 1.54) is 5.69 Å². The van der Waals surface area contributed by atoms with Crippen LogP contribution in [-0.2, 0) is 13.0 Å². The Morgan fingerprint density at radius 3 is 3.00 bits per heavy atom. The molecule has 3 rings (SSSR count). The predicted molar refractivity (Wildman–Crippen MR) is 121 cm³/mol. The topological polar surface area (TPSA) is 70.4 Å². The summed E-state index contributed by atoms with van der Waals surface area (Å²) in [6.07, 6.45) is 3.73. The van der Waals surface area contributed by atoms with Gasteiger partial charge in [-0.1, -0.05) is 24.6 Å². The van der Waals surface area contributed by atoms with E-state index < -0.39 is 0 Å². The molecule has 0 amide bonds. The standard InChI is InChI=1S/C18H26ClN7.HI/c1-3-17-24-22-13-26(17)10-8-21-18(20-2)23-15-7-9-25(12-15)16-6-4-5-14(19)11-16;/h4-6,11,13,15H,3,7-10,12H2,1-2H3,(H2,20,21,23);1H. The molecule has 1 aromatic carbocycles. The Morgan fingerprint density at radius 2 is 2.26 bits per heavy atom. The number of nitrogens with one attached hydrogen (secondary N) is 2. The normalized spacial score (nSPS) is 16.9. The molecule has 1 aliphatic rings. The second-order valence-electron chi connectivity index (χ2n) is 6.35. The van der Waals surface area contributed by atoms with Gasteiger partial charge in [0, 0.05) is 56.4 Å². The quantitative estimate of drug-likeness (QED) is 0.360. The van der Waals surface area contributed by atoms with Crippen molar-refractivity contribution in [3.05, 3.63) is 41.4 Å². The summed E-state index contributed by atoms with van der Waals surface area (Å²) in [6, 6.07) is 8.38. The van der Waals surface area contributed by atoms with Gasteiger partial charge in [0.15, 0.2) is 5.96 Å². The molecule has 2 aromatic rings. The number of aliphatic imine (C=N–C) groups is 1. The van der Waals surface area contributed by atoms with Crippen LogP contribution in [0.25, 0.3) is 0 Å². The number of anilines is 1. The van der Waals surface area contributed by atoms with Gasteiger partial charge in [-0.15, -0.1) is 34.2 Å². The lowest BCUT2D eigenvalue weighted by molar-refractivity contribution is 0.611. The number of benzene rings is 1. The molecular weight excluding hydrogens is 477 g/mol. The van der Waals surface area contributed by atoms with Gasteiger partial charge in [0.25, 0.3) is 0 Å². The lowest BCUT2D eigenvalue weighted by Crippen LogP contribution is -2.45. The molecule has 1 atom stereocenters. The first-order valence-electron chi connectivity index (χ1n) is 9.04. The molecule has 1 saturated heterocycles. The van der Waals surface area contributed by atoms with Gasteiger partial charge in [-0.2, -0.15) is 0 Å². The molecule has 27 heavy (non-hydrogen) atoms. The van der Waals surface area contributed by atoms with Crippen molar-refractivity contribution in [2.45, 2.75) is 32.4 Å². The number of aryl methyl sites for hydroxylation is 1. The van der Waals surface area contributed by atoms with Crippen LogP contribution in [0.1, 0.15) is 19.2 Å². The van der Waals surface area contributed by atoms with Crippen LogP contribution in [0, 0.1) is 0 Å². The van der Waals surface area contributed by atoms with E-state index in [4.69, 9.17) is 11.6 Å². The van der Waals surface area contributed by atoms with Gasteiger partial charge in [0.2, 0.25) is 0 Å². The fourth-order valence-corrected chi connectivity index (χ4v) is 3.39. The van der Waals surface area contributed by atoms with Crippen molar-refractivity contribution in [3.63, 3.8) is 0 Å². The van der Waals surface area contributed by atoms with Crippen LogP contribution in [-0.4, -0.2) is 53.4 Å². The molecule has 9 heteroatoms. The zero-order valence-electron chi connectivity index (χ0n) is 15.7. The van der Waals surface area contributed by atoms with Crippen LogP contribution in [0.4, 0.5) is 5.69 Å². The van der Waals surface area contributed by atoms with Crippen molar-refractivity contribution in [1.29, 1.82) is 0 Å². The third kappa shape index (κ3) is 5.97. The minimum atomic E-state index is 0. The highest BCUT2D eigenvalue weighted by Crippen LogP contribution is 2.23. The number of halogens is 2. The van der Waals surface area contributed by atoms with E-state index in [-0.39, 0.29) is 24.0 Å². The predicted octanol–water partition coefficient (Wildman–Crippen LogP) is 2.56. The Kier molecular flexibility index (Phi) is 8.62. The van der Waals surface area contributed by atoms with E-state index in [1.54, 1.807) is 13.4 Å². The van der Waals surface area contributed by atoms with Crippen LogP contribution in [0.3, 0.4) is 0 Å². The summed E-state index contributed by atoms with van der Waals surface area (Å²) in [4.78, 5) is 6.69. The maximum Gasteiger partial charge on any atom is 0.191 e. The molecule has 2 heterocycles. The Bertz CT molecular complexity index is 749. The number of hydrogen-bond donors (Lipinski definition) is 2. The summed E-state index contributed by atoms with van der Waals surface area (Å²) in [6.45, 7) is 5.62. The van der Waals surface area contributed by atoms with E-state index in [1.807, 2.05) is 18.2 Å². The highest BCUT2D eigenvalue weighted by molar-refractivity contribution is 14.0. The Hall–Kier alpha value is -1.55. The largest absolute Gasteiger partial charge is 0.369 e. The summed E-state index contributed by atoms with van der Waals surface area (Å²) < 4.78 is 2.07. The second kappa shape index (κ2) is 10.7. The van der Waals surface area contributed by atoms with Gasteiger partial charge in [-0.3, -0.25) is 4.99 Å². The van der Waals surface area contributed by atoms with Crippen molar-refractivity contribution < 1.29 is 0 Å². The van der Waals surface area contributed by atoms with Gasteiger partial charge in [0.1, 0.15) is 12.2 Å². The highest BCUT2D eigenvalue weighted by atomic mass is 127. The lowest BCUT2D eigenvalue weighted by Gasteiger charge is -2.20. The van der Waals surface area contributed by atoms with Crippen LogP contribution >= 0.6 is 35.6 Å². The summed E-state index contributed by atoms with van der Waals surface area (Å²) in [7, 11) is 1.80. The average Bonchev–Trinajstić information content (AvgIpc) is 3.30. The van der Waals surface area contributed by atoms with E-state index >= 15 is 0 Å². The first-order chi connectivity index (χ1) is 12.7. The fourth-order valence-electron chi connectivity index (χ4n) is 3.21. The number of rotatable bonds is 6. The molecule has 0 aliphatic carbocycles. The van der Waals surface area contributed by atoms with E-state index in [2.05, 4.69) is 48.3 Å². The Balaban J connectivity index is 0.00000261. The van der Waals surface area contributed by atoms with Crippen LogP contribution in [0.15, 0.2) is 35.6 Å². The number of hydrogen-bond acceptors (Lipinski definition) is 4. The smallest absolute Gasteiger partial charge is 0.191 e. The summed E-state index contributed by atoms with van der Waals surface area (Å²) in [5.74, 6) is 1.83. The molecular formula is C18H27ClIN7. The number of guanidine groups is 1. The Labute approximate surface area is 182 Å². The molecule has 7 nitrogen and oxygen atoms in total. The van der Waals surface area contributed by atoms with Gasteiger partial charge in [0.05, 0.1) is 0 Å². The van der Waals surface area contributed by atoms with Gasteiger partial charge in [-0.05, 0) is 24.6 Å². The van der Waals surface area contributed by atoms with Gasteiger partial charge >= 0.3 is 0 Å². The fraction of sp³-hybridized carbons (Fsp3) is 0.500. The molecule has 0 saturated carbocycles. The molecule has 0 spiro atoms. The third-order valence-corrected chi connectivity index (χ3v) is 4.82. The minimum Gasteiger partial charge on any atom is -0.369 e. The zero-order chi connectivity index (χ0) is 18.4. The molecule has 1 aromatic heterocycles. The minimum absolute atomic E-state index is 0. The third-order valence-electron chi connectivity index (χ3n) is 4.58. The lowest BCUT2D eigenvalue weighted by atomic mass is 10.3. The van der Waals surface area contributed by atoms with Crippen LogP contribution in [0.5, 0.6) is 0 Å². The molecule has 148 valence electrons. The average molecular weight is 504 g/mol. The maximum absolute atomic E-state index is 6.11. The summed E-state index contributed by atoms with van der Waals surface area (Å²) >= 11 is 6.11. The molecule has 0 radical (unpaired) electrons. The number of aromatic nitrogens is 3. The van der Waals surface area contributed by atoms with Crippen LogP contribution in [0.2, 0.25) is 5.02 Å². The molecule has 1 aliphatic heterocycles.